The molecule has 0 fully saturated rings. The van der Waals surface area contributed by atoms with E-state index in [0.717, 1.165) is 0 Å². The van der Waals surface area contributed by atoms with Gasteiger partial charge in [0.25, 0.3) is 5.69 Å². The Morgan fingerprint density at radius 1 is 1.50 bits per heavy atom. The number of aliphatic carboxylic acids is 1. The van der Waals surface area contributed by atoms with Crippen LogP contribution >= 0.6 is 11.6 Å². The first-order valence-corrected chi connectivity index (χ1v) is 5.87. The van der Waals surface area contributed by atoms with Crippen LogP contribution in [0.1, 0.15) is 11.3 Å². The SMILES string of the molecule is O=C(O)Cc1cn(Cc2cc(Cl)ccc2[N+](=O)[O-])nn1. The smallest absolute Gasteiger partial charge is 0.309 e. The molecule has 0 saturated heterocycles. The number of nitro benzene ring substituents is 1. The van der Waals surface area contributed by atoms with Crippen LogP contribution in [0.15, 0.2) is 24.4 Å². The molecule has 1 heterocycles. The minimum Gasteiger partial charge on any atom is -0.481 e. The number of rotatable bonds is 5. The van der Waals surface area contributed by atoms with E-state index < -0.39 is 10.9 Å². The third-order valence-electron chi connectivity index (χ3n) is 2.49. The van der Waals surface area contributed by atoms with E-state index in [9.17, 15) is 14.9 Å². The zero-order valence-electron chi connectivity index (χ0n) is 10.1. The Hall–Kier alpha value is -2.48. The minimum absolute atomic E-state index is 0.0790. The second-order valence-corrected chi connectivity index (χ2v) is 4.44. The maximum absolute atomic E-state index is 10.9. The molecule has 1 aromatic heterocycles. The summed E-state index contributed by atoms with van der Waals surface area (Å²) in [6.07, 6.45) is 1.18. The molecular weight excluding hydrogens is 288 g/mol. The molecule has 0 aliphatic rings. The van der Waals surface area contributed by atoms with E-state index in [1.165, 1.54) is 29.1 Å². The number of carbonyl (C=O) groups is 1. The fourth-order valence-corrected chi connectivity index (χ4v) is 1.88. The van der Waals surface area contributed by atoms with Crippen molar-refractivity contribution in [3.63, 3.8) is 0 Å². The molecule has 20 heavy (non-hydrogen) atoms. The summed E-state index contributed by atoms with van der Waals surface area (Å²) in [7, 11) is 0. The predicted octanol–water partition coefficient (Wildman–Crippen LogP) is 1.52. The molecule has 0 aliphatic carbocycles. The number of carboxylic acid groups (broad SMARTS) is 1. The Balaban J connectivity index is 2.25. The first-order chi connectivity index (χ1) is 9.45. The van der Waals surface area contributed by atoms with Crippen molar-refractivity contribution in [3.05, 3.63) is 50.8 Å². The van der Waals surface area contributed by atoms with Gasteiger partial charge >= 0.3 is 5.97 Å². The first-order valence-electron chi connectivity index (χ1n) is 5.49. The topological polar surface area (TPSA) is 111 Å². The average Bonchev–Trinajstić information content (AvgIpc) is 2.75. The van der Waals surface area contributed by atoms with Crippen LogP contribution in [0, 0.1) is 10.1 Å². The summed E-state index contributed by atoms with van der Waals surface area (Å²) in [6.45, 7) is 0.0868. The van der Waals surface area contributed by atoms with Gasteiger partial charge in [0.05, 0.1) is 29.1 Å². The molecule has 0 bridgehead atoms. The number of benzene rings is 1. The highest BCUT2D eigenvalue weighted by molar-refractivity contribution is 6.30. The van der Waals surface area contributed by atoms with E-state index in [2.05, 4.69) is 10.3 Å². The predicted molar refractivity (Wildman–Crippen MR) is 68.6 cm³/mol. The van der Waals surface area contributed by atoms with E-state index in [0.29, 0.717) is 10.6 Å². The maximum atomic E-state index is 10.9. The average molecular weight is 297 g/mol. The number of aromatic nitrogens is 3. The Morgan fingerprint density at radius 2 is 2.25 bits per heavy atom. The van der Waals surface area contributed by atoms with Gasteiger partial charge in [-0.1, -0.05) is 16.8 Å². The summed E-state index contributed by atoms with van der Waals surface area (Å²) in [5, 5.41) is 27.3. The summed E-state index contributed by atoms with van der Waals surface area (Å²) in [4.78, 5) is 20.9. The number of carboxylic acids is 1. The van der Waals surface area contributed by atoms with Gasteiger partial charge in [0.1, 0.15) is 0 Å². The van der Waals surface area contributed by atoms with E-state index in [1.54, 1.807) is 0 Å². The highest BCUT2D eigenvalue weighted by Crippen LogP contribution is 2.23. The molecule has 0 aliphatic heterocycles. The van der Waals surface area contributed by atoms with Crippen molar-refractivity contribution in [1.29, 1.82) is 0 Å². The molecule has 104 valence electrons. The van der Waals surface area contributed by atoms with Gasteiger partial charge in [-0.25, -0.2) is 4.68 Å². The van der Waals surface area contributed by atoms with Crippen LogP contribution in [0.2, 0.25) is 5.02 Å². The molecule has 1 N–H and O–H groups in total. The van der Waals surface area contributed by atoms with E-state index in [-0.39, 0.29) is 24.3 Å². The molecule has 8 nitrogen and oxygen atoms in total. The van der Waals surface area contributed by atoms with Crippen LogP contribution in [0.4, 0.5) is 5.69 Å². The van der Waals surface area contributed by atoms with Crippen LogP contribution < -0.4 is 0 Å². The minimum atomic E-state index is -1.02. The number of halogens is 1. The van der Waals surface area contributed by atoms with Gasteiger partial charge in [0.15, 0.2) is 0 Å². The molecule has 0 unspecified atom stereocenters. The zero-order valence-corrected chi connectivity index (χ0v) is 10.8. The van der Waals surface area contributed by atoms with Crippen molar-refractivity contribution in [2.45, 2.75) is 13.0 Å². The standard InChI is InChI=1S/C11H9ClN4O4/c12-8-1-2-10(16(19)20)7(3-8)5-15-6-9(13-14-15)4-11(17)18/h1-3,6H,4-5H2,(H,17,18). The highest BCUT2D eigenvalue weighted by atomic mass is 35.5. The van der Waals surface area contributed by atoms with E-state index >= 15 is 0 Å². The lowest BCUT2D eigenvalue weighted by Crippen LogP contribution is -2.04. The lowest BCUT2D eigenvalue weighted by atomic mass is 10.2. The van der Waals surface area contributed by atoms with Crippen LogP contribution in [0.25, 0.3) is 0 Å². The maximum Gasteiger partial charge on any atom is 0.309 e. The normalized spacial score (nSPS) is 10.4. The van der Waals surface area contributed by atoms with Crippen LogP contribution in [0.5, 0.6) is 0 Å². The second-order valence-electron chi connectivity index (χ2n) is 4.01. The van der Waals surface area contributed by atoms with E-state index in [4.69, 9.17) is 16.7 Å². The van der Waals surface area contributed by atoms with Crippen LogP contribution in [-0.4, -0.2) is 31.0 Å². The second kappa shape index (κ2) is 5.66. The molecule has 1 aromatic carbocycles. The third-order valence-corrected chi connectivity index (χ3v) is 2.72. The van der Waals surface area contributed by atoms with Gasteiger partial charge in [0, 0.05) is 17.3 Å². The third kappa shape index (κ3) is 3.29. The molecule has 0 atom stereocenters. The van der Waals surface area contributed by atoms with Gasteiger partial charge in [0.2, 0.25) is 0 Å². The molecule has 0 saturated carbocycles. The van der Waals surface area contributed by atoms with Gasteiger partial charge < -0.3 is 5.11 Å². The van der Waals surface area contributed by atoms with Crippen LogP contribution in [0.3, 0.4) is 0 Å². The summed E-state index contributed by atoms with van der Waals surface area (Å²) < 4.78 is 1.33. The summed E-state index contributed by atoms with van der Waals surface area (Å²) in [5.74, 6) is -1.02. The van der Waals surface area contributed by atoms with Gasteiger partial charge in [-0.05, 0) is 12.1 Å². The molecular formula is C11H9ClN4O4. The Morgan fingerprint density at radius 3 is 2.90 bits per heavy atom. The number of hydrogen-bond donors (Lipinski definition) is 1. The van der Waals surface area contributed by atoms with Crippen molar-refractivity contribution >= 4 is 23.3 Å². The highest BCUT2D eigenvalue weighted by Gasteiger charge is 2.15. The summed E-state index contributed by atoms with van der Waals surface area (Å²) in [6, 6.07) is 4.21. The fraction of sp³-hybridized carbons (Fsp3) is 0.182. The number of nitro groups is 1. The van der Waals surface area contributed by atoms with Crippen molar-refractivity contribution in [1.82, 2.24) is 15.0 Å². The molecule has 0 spiro atoms. The molecule has 9 heteroatoms. The van der Waals surface area contributed by atoms with Gasteiger partial charge in [-0.15, -0.1) is 5.10 Å². The van der Waals surface area contributed by atoms with Gasteiger partial charge in [-0.3, -0.25) is 14.9 Å². The first kappa shape index (κ1) is 13.9. The molecule has 0 amide bonds. The van der Waals surface area contributed by atoms with Crippen molar-refractivity contribution in [3.8, 4) is 0 Å². The molecule has 2 aromatic rings. The Kier molecular flexibility index (Phi) is 3.94. The zero-order chi connectivity index (χ0) is 14.7. The largest absolute Gasteiger partial charge is 0.481 e. The Bertz CT molecular complexity index is 670. The van der Waals surface area contributed by atoms with Crippen molar-refractivity contribution in [2.75, 3.05) is 0 Å². The lowest BCUT2D eigenvalue weighted by Gasteiger charge is -2.03. The number of hydrogen-bond acceptors (Lipinski definition) is 5. The quantitative estimate of drug-likeness (QED) is 0.661. The van der Waals surface area contributed by atoms with E-state index in [1.807, 2.05) is 0 Å². The van der Waals surface area contributed by atoms with Crippen molar-refractivity contribution in [2.24, 2.45) is 0 Å². The summed E-state index contributed by atoms with van der Waals surface area (Å²) in [5.41, 5.74) is 0.571. The fourth-order valence-electron chi connectivity index (χ4n) is 1.69. The molecule has 0 radical (unpaired) electrons. The lowest BCUT2D eigenvalue weighted by molar-refractivity contribution is -0.385. The number of nitrogens with zero attached hydrogens (tertiary/aromatic N) is 4. The van der Waals surface area contributed by atoms with Crippen molar-refractivity contribution < 1.29 is 14.8 Å². The monoisotopic (exact) mass is 296 g/mol. The molecule has 2 rings (SSSR count). The van der Waals surface area contributed by atoms with Crippen LogP contribution in [-0.2, 0) is 17.8 Å². The summed E-state index contributed by atoms with van der Waals surface area (Å²) >= 11 is 5.82. The Labute approximate surface area is 117 Å². The van der Waals surface area contributed by atoms with Gasteiger partial charge in [-0.2, -0.15) is 0 Å².